The summed E-state index contributed by atoms with van der Waals surface area (Å²) in [6.45, 7) is 2.68. The van der Waals surface area contributed by atoms with Crippen LogP contribution >= 0.6 is 0 Å². The van der Waals surface area contributed by atoms with Crippen LogP contribution in [0.1, 0.15) is 17.3 Å². The van der Waals surface area contributed by atoms with E-state index in [2.05, 4.69) is 4.98 Å². The number of nitrogens with zero attached hydrogens (tertiary/aromatic N) is 2. The molecule has 0 aliphatic heterocycles. The number of aryl methyl sites for hydroxylation is 1. The van der Waals surface area contributed by atoms with Crippen LogP contribution in [0, 0.1) is 5.82 Å². The largest absolute Gasteiger partial charge is 0.478 e. The van der Waals surface area contributed by atoms with Gasteiger partial charge >= 0.3 is 5.97 Å². The average molecular weight is 284 g/mol. The van der Waals surface area contributed by atoms with Crippen LogP contribution in [0.3, 0.4) is 0 Å². The predicted octanol–water partition coefficient (Wildman–Crippen LogP) is 3.56. The molecule has 0 spiro atoms. The Kier molecular flexibility index (Phi) is 3.17. The Morgan fingerprint density at radius 3 is 2.57 bits per heavy atom. The molecule has 0 unspecified atom stereocenters. The molecule has 0 amide bonds. The summed E-state index contributed by atoms with van der Waals surface area (Å²) in [5.41, 5.74) is 2.48. The maximum Gasteiger partial charge on any atom is 0.335 e. The van der Waals surface area contributed by atoms with Crippen molar-refractivity contribution in [1.29, 1.82) is 0 Å². The number of aromatic nitrogens is 2. The number of carboxylic acid groups (broad SMARTS) is 1. The number of benzene rings is 2. The fourth-order valence-electron chi connectivity index (χ4n) is 2.41. The summed E-state index contributed by atoms with van der Waals surface area (Å²) in [6, 6.07) is 11.0. The normalized spacial score (nSPS) is 11.0. The molecular formula is C16H13FN2O2. The second-order valence-corrected chi connectivity index (χ2v) is 4.70. The van der Waals surface area contributed by atoms with Gasteiger partial charge in [-0.05, 0) is 31.2 Å². The summed E-state index contributed by atoms with van der Waals surface area (Å²) in [6.07, 6.45) is 0. The zero-order valence-corrected chi connectivity index (χ0v) is 11.4. The van der Waals surface area contributed by atoms with Gasteiger partial charge in [0.2, 0.25) is 0 Å². The van der Waals surface area contributed by atoms with Crippen LogP contribution in [0.5, 0.6) is 0 Å². The first kappa shape index (κ1) is 13.3. The van der Waals surface area contributed by atoms with Gasteiger partial charge in [0.05, 0.1) is 16.6 Å². The summed E-state index contributed by atoms with van der Waals surface area (Å²) >= 11 is 0. The monoisotopic (exact) mass is 284 g/mol. The minimum atomic E-state index is -0.965. The fourth-order valence-corrected chi connectivity index (χ4v) is 2.41. The van der Waals surface area contributed by atoms with E-state index in [0.29, 0.717) is 17.9 Å². The molecule has 3 rings (SSSR count). The number of carboxylic acids is 1. The third kappa shape index (κ3) is 2.27. The highest BCUT2D eigenvalue weighted by Gasteiger charge is 2.12. The minimum Gasteiger partial charge on any atom is -0.478 e. The van der Waals surface area contributed by atoms with Crippen molar-refractivity contribution in [1.82, 2.24) is 9.55 Å². The number of imidazole rings is 1. The van der Waals surface area contributed by atoms with Crippen LogP contribution < -0.4 is 0 Å². The Bertz CT molecular complexity index is 822. The van der Waals surface area contributed by atoms with Crippen LogP contribution in [-0.4, -0.2) is 20.6 Å². The van der Waals surface area contributed by atoms with Gasteiger partial charge in [0, 0.05) is 18.2 Å². The number of aromatic carboxylic acids is 1. The molecule has 0 bridgehead atoms. The van der Waals surface area contributed by atoms with Gasteiger partial charge in [-0.2, -0.15) is 0 Å². The summed E-state index contributed by atoms with van der Waals surface area (Å²) < 4.78 is 15.3. The number of hydrogen-bond donors (Lipinski definition) is 1. The first-order chi connectivity index (χ1) is 10.1. The van der Waals surface area contributed by atoms with Gasteiger partial charge in [-0.3, -0.25) is 0 Å². The minimum absolute atomic E-state index is 0.226. The second-order valence-electron chi connectivity index (χ2n) is 4.70. The van der Waals surface area contributed by atoms with Crippen molar-refractivity contribution in [2.45, 2.75) is 13.5 Å². The number of carbonyl (C=O) groups is 1. The van der Waals surface area contributed by atoms with Gasteiger partial charge in [0.25, 0.3) is 0 Å². The molecule has 0 saturated heterocycles. The zero-order valence-electron chi connectivity index (χ0n) is 11.4. The SMILES string of the molecule is CCn1c(-c2ccc(C(=O)O)cc2)nc2cc(F)ccc21. The highest BCUT2D eigenvalue weighted by atomic mass is 19.1. The maximum atomic E-state index is 13.3. The van der Waals surface area contributed by atoms with Crippen LogP contribution in [0.2, 0.25) is 0 Å². The Morgan fingerprint density at radius 2 is 1.95 bits per heavy atom. The fraction of sp³-hybridized carbons (Fsp3) is 0.125. The lowest BCUT2D eigenvalue weighted by atomic mass is 10.1. The molecule has 0 aliphatic carbocycles. The molecule has 0 fully saturated rings. The first-order valence-corrected chi connectivity index (χ1v) is 6.59. The second kappa shape index (κ2) is 5.01. The lowest BCUT2D eigenvalue weighted by molar-refractivity contribution is 0.0697. The van der Waals surface area contributed by atoms with Crippen molar-refractivity contribution in [3.63, 3.8) is 0 Å². The van der Waals surface area contributed by atoms with Gasteiger partial charge in [0.1, 0.15) is 11.6 Å². The number of fused-ring (bicyclic) bond motifs is 1. The molecule has 2 aromatic carbocycles. The van der Waals surface area contributed by atoms with Gasteiger partial charge in [0.15, 0.2) is 0 Å². The van der Waals surface area contributed by atoms with Crippen molar-refractivity contribution in [3.05, 3.63) is 53.8 Å². The molecule has 0 atom stereocenters. The molecule has 1 heterocycles. The van der Waals surface area contributed by atoms with Crippen molar-refractivity contribution in [2.75, 3.05) is 0 Å². The Balaban J connectivity index is 2.17. The van der Waals surface area contributed by atoms with Crippen molar-refractivity contribution < 1.29 is 14.3 Å². The summed E-state index contributed by atoms with van der Waals surface area (Å²) in [4.78, 5) is 15.4. The standard InChI is InChI=1S/C16H13FN2O2/c1-2-19-14-8-7-12(17)9-13(14)18-15(19)10-3-5-11(6-4-10)16(20)21/h3-9H,2H2,1H3,(H,20,21). The highest BCUT2D eigenvalue weighted by Crippen LogP contribution is 2.25. The summed E-state index contributed by atoms with van der Waals surface area (Å²) in [5, 5.41) is 8.93. The number of rotatable bonds is 3. The highest BCUT2D eigenvalue weighted by molar-refractivity contribution is 5.88. The Morgan fingerprint density at radius 1 is 1.24 bits per heavy atom. The molecule has 3 aromatic rings. The van der Waals surface area contributed by atoms with Crippen molar-refractivity contribution in [2.24, 2.45) is 0 Å². The van der Waals surface area contributed by atoms with E-state index in [9.17, 15) is 9.18 Å². The molecule has 0 aliphatic rings. The summed E-state index contributed by atoms with van der Waals surface area (Å²) in [5.74, 6) is -0.585. The van der Waals surface area contributed by atoms with E-state index in [1.807, 2.05) is 11.5 Å². The van der Waals surface area contributed by atoms with Crippen molar-refractivity contribution >= 4 is 17.0 Å². The van der Waals surface area contributed by atoms with E-state index >= 15 is 0 Å². The van der Waals surface area contributed by atoms with E-state index in [4.69, 9.17) is 5.11 Å². The zero-order chi connectivity index (χ0) is 15.0. The molecule has 21 heavy (non-hydrogen) atoms. The number of hydrogen-bond acceptors (Lipinski definition) is 2. The van der Waals surface area contributed by atoms with E-state index in [1.54, 1.807) is 18.2 Å². The topological polar surface area (TPSA) is 55.1 Å². The maximum absolute atomic E-state index is 13.3. The Hall–Kier alpha value is -2.69. The van der Waals surface area contributed by atoms with Gasteiger partial charge in [-0.25, -0.2) is 14.2 Å². The molecular weight excluding hydrogens is 271 g/mol. The molecule has 0 saturated carbocycles. The van der Waals surface area contributed by atoms with E-state index in [1.165, 1.54) is 24.3 Å². The lowest BCUT2D eigenvalue weighted by Crippen LogP contribution is -1.99. The van der Waals surface area contributed by atoms with Crippen LogP contribution in [0.15, 0.2) is 42.5 Å². The van der Waals surface area contributed by atoms with E-state index < -0.39 is 5.97 Å². The molecule has 106 valence electrons. The Labute approximate surface area is 120 Å². The average Bonchev–Trinajstić information content (AvgIpc) is 2.84. The number of halogens is 1. The van der Waals surface area contributed by atoms with Gasteiger partial charge < -0.3 is 9.67 Å². The first-order valence-electron chi connectivity index (χ1n) is 6.59. The van der Waals surface area contributed by atoms with Crippen LogP contribution in [0.4, 0.5) is 4.39 Å². The molecule has 5 heteroatoms. The third-order valence-electron chi connectivity index (χ3n) is 3.42. The van der Waals surface area contributed by atoms with Crippen molar-refractivity contribution in [3.8, 4) is 11.4 Å². The summed E-state index contributed by atoms with van der Waals surface area (Å²) in [7, 11) is 0. The van der Waals surface area contributed by atoms with Gasteiger partial charge in [-0.15, -0.1) is 0 Å². The molecule has 1 aromatic heterocycles. The molecule has 1 N–H and O–H groups in total. The lowest BCUT2D eigenvalue weighted by Gasteiger charge is -2.06. The van der Waals surface area contributed by atoms with Crippen LogP contribution in [0.25, 0.3) is 22.4 Å². The van der Waals surface area contributed by atoms with E-state index in [0.717, 1.165) is 11.1 Å². The van der Waals surface area contributed by atoms with E-state index in [-0.39, 0.29) is 11.4 Å². The molecule has 0 radical (unpaired) electrons. The van der Waals surface area contributed by atoms with Crippen LogP contribution in [-0.2, 0) is 6.54 Å². The smallest absolute Gasteiger partial charge is 0.335 e. The van der Waals surface area contributed by atoms with Gasteiger partial charge in [-0.1, -0.05) is 12.1 Å². The molecule has 4 nitrogen and oxygen atoms in total. The predicted molar refractivity (Wildman–Crippen MR) is 77.8 cm³/mol. The quantitative estimate of drug-likeness (QED) is 0.800. The third-order valence-corrected chi connectivity index (χ3v) is 3.42.